The maximum absolute atomic E-state index is 6.13. The fourth-order valence-corrected chi connectivity index (χ4v) is 3.42. The van der Waals surface area contributed by atoms with Gasteiger partial charge in [0.05, 0.1) is 0 Å². The van der Waals surface area contributed by atoms with Crippen LogP contribution >= 0.6 is 11.6 Å². The molecule has 2 rings (SSSR count). The molecule has 2 nitrogen and oxygen atoms in total. The predicted molar refractivity (Wildman–Crippen MR) is 91.5 cm³/mol. The molecule has 1 atom stereocenters. The average molecular weight is 309 g/mol. The Morgan fingerprint density at radius 2 is 2.00 bits per heavy atom. The van der Waals surface area contributed by atoms with Gasteiger partial charge in [0.15, 0.2) is 0 Å². The lowest BCUT2D eigenvalue weighted by atomic mass is 9.90. The Kier molecular flexibility index (Phi) is 6.53. The van der Waals surface area contributed by atoms with E-state index in [1.165, 1.54) is 31.4 Å². The largest absolute Gasteiger partial charge is 0.328 e. The number of benzene rings is 1. The molecule has 1 fully saturated rings. The molecule has 21 heavy (non-hydrogen) atoms. The third-order valence-electron chi connectivity index (χ3n) is 4.78. The second kappa shape index (κ2) is 8.17. The molecule has 1 aliphatic rings. The van der Waals surface area contributed by atoms with Crippen molar-refractivity contribution >= 4 is 11.6 Å². The van der Waals surface area contributed by atoms with Gasteiger partial charge in [-0.1, -0.05) is 44.0 Å². The fraction of sp³-hybridized carbons (Fsp3) is 0.667. The Hall–Kier alpha value is -0.570. The average Bonchev–Trinajstić information content (AvgIpc) is 2.47. The lowest BCUT2D eigenvalue weighted by Crippen LogP contribution is -2.42. The highest BCUT2D eigenvalue weighted by molar-refractivity contribution is 6.30. The maximum atomic E-state index is 6.13. The van der Waals surface area contributed by atoms with Crippen molar-refractivity contribution in [2.45, 2.75) is 64.6 Å². The first-order chi connectivity index (χ1) is 10.1. The van der Waals surface area contributed by atoms with Crippen LogP contribution in [-0.2, 0) is 6.54 Å². The molecular formula is C18H29ClN2. The van der Waals surface area contributed by atoms with E-state index in [0.29, 0.717) is 12.1 Å². The van der Waals surface area contributed by atoms with E-state index in [1.807, 2.05) is 6.07 Å². The third kappa shape index (κ3) is 5.28. The van der Waals surface area contributed by atoms with Gasteiger partial charge in [0.1, 0.15) is 0 Å². The lowest BCUT2D eigenvalue weighted by molar-refractivity contribution is 0.122. The number of nitrogens with two attached hydrogens (primary N) is 1. The molecule has 1 unspecified atom stereocenters. The van der Waals surface area contributed by atoms with Crippen molar-refractivity contribution in [3.8, 4) is 0 Å². The molecule has 1 aliphatic carbocycles. The lowest BCUT2D eigenvalue weighted by Gasteiger charge is -2.37. The summed E-state index contributed by atoms with van der Waals surface area (Å²) in [6.45, 7) is 6.80. The van der Waals surface area contributed by atoms with Crippen molar-refractivity contribution in [2.24, 2.45) is 11.7 Å². The quantitative estimate of drug-likeness (QED) is 0.841. The zero-order chi connectivity index (χ0) is 15.2. The van der Waals surface area contributed by atoms with Crippen molar-refractivity contribution < 1.29 is 0 Å². The molecule has 3 heteroatoms. The molecule has 0 heterocycles. The summed E-state index contributed by atoms with van der Waals surface area (Å²) < 4.78 is 0. The Balaban J connectivity index is 2.04. The van der Waals surface area contributed by atoms with Crippen molar-refractivity contribution in [1.82, 2.24) is 4.90 Å². The van der Waals surface area contributed by atoms with Gasteiger partial charge in [0.25, 0.3) is 0 Å². The monoisotopic (exact) mass is 308 g/mol. The van der Waals surface area contributed by atoms with Crippen LogP contribution in [0, 0.1) is 5.92 Å². The van der Waals surface area contributed by atoms with E-state index in [9.17, 15) is 0 Å². The van der Waals surface area contributed by atoms with Crippen molar-refractivity contribution in [3.63, 3.8) is 0 Å². The molecule has 118 valence electrons. The second-order valence-corrected chi connectivity index (χ2v) is 7.08. The van der Waals surface area contributed by atoms with E-state index < -0.39 is 0 Å². The van der Waals surface area contributed by atoms with Gasteiger partial charge in [-0.05, 0) is 49.3 Å². The smallest absolute Gasteiger partial charge is 0.0409 e. The second-order valence-electron chi connectivity index (χ2n) is 6.64. The summed E-state index contributed by atoms with van der Waals surface area (Å²) in [6.07, 6.45) is 6.03. The SMILES string of the molecule is CCC(C)CN(Cc1cccc(Cl)c1)C1CCC(N)CC1. The molecule has 0 radical (unpaired) electrons. The zero-order valence-electron chi connectivity index (χ0n) is 13.4. The van der Waals surface area contributed by atoms with Gasteiger partial charge in [-0.2, -0.15) is 0 Å². The Morgan fingerprint density at radius 1 is 1.29 bits per heavy atom. The first-order valence-electron chi connectivity index (χ1n) is 8.32. The first-order valence-corrected chi connectivity index (χ1v) is 8.70. The molecule has 0 bridgehead atoms. The summed E-state index contributed by atoms with van der Waals surface area (Å²) in [4.78, 5) is 2.66. The van der Waals surface area contributed by atoms with Crippen LogP contribution in [-0.4, -0.2) is 23.5 Å². The topological polar surface area (TPSA) is 29.3 Å². The number of hydrogen-bond donors (Lipinski definition) is 1. The fourth-order valence-electron chi connectivity index (χ4n) is 3.21. The third-order valence-corrected chi connectivity index (χ3v) is 5.01. The minimum Gasteiger partial charge on any atom is -0.328 e. The van der Waals surface area contributed by atoms with E-state index in [1.54, 1.807) is 0 Å². The summed E-state index contributed by atoms with van der Waals surface area (Å²) >= 11 is 6.13. The predicted octanol–water partition coefficient (Wildman–Crippen LogP) is 4.46. The maximum Gasteiger partial charge on any atom is 0.0409 e. The number of rotatable bonds is 6. The van der Waals surface area contributed by atoms with E-state index in [2.05, 4.69) is 36.9 Å². The van der Waals surface area contributed by atoms with Crippen LogP contribution < -0.4 is 5.73 Å². The molecule has 0 saturated heterocycles. The van der Waals surface area contributed by atoms with Crippen LogP contribution in [0.1, 0.15) is 51.5 Å². The van der Waals surface area contributed by atoms with Gasteiger partial charge in [-0.25, -0.2) is 0 Å². The number of halogens is 1. The van der Waals surface area contributed by atoms with Crippen LogP contribution in [0.5, 0.6) is 0 Å². The van der Waals surface area contributed by atoms with E-state index in [0.717, 1.165) is 30.3 Å². The highest BCUT2D eigenvalue weighted by Crippen LogP contribution is 2.25. The summed E-state index contributed by atoms with van der Waals surface area (Å²) in [7, 11) is 0. The standard InChI is InChI=1S/C18H29ClN2/c1-3-14(2)12-21(18-9-7-17(20)8-10-18)13-15-5-4-6-16(19)11-15/h4-6,11,14,17-18H,3,7-10,12-13,20H2,1-2H3. The van der Waals surface area contributed by atoms with Crippen LogP contribution in [0.25, 0.3) is 0 Å². The van der Waals surface area contributed by atoms with E-state index in [-0.39, 0.29) is 0 Å². The molecule has 2 N–H and O–H groups in total. The van der Waals surface area contributed by atoms with Gasteiger partial charge < -0.3 is 5.73 Å². The number of nitrogens with zero attached hydrogens (tertiary/aromatic N) is 1. The van der Waals surface area contributed by atoms with E-state index in [4.69, 9.17) is 17.3 Å². The van der Waals surface area contributed by atoms with Crippen molar-refractivity contribution in [1.29, 1.82) is 0 Å². The summed E-state index contributed by atoms with van der Waals surface area (Å²) in [5, 5.41) is 0.835. The van der Waals surface area contributed by atoms with Gasteiger partial charge in [0, 0.05) is 30.2 Å². The highest BCUT2D eigenvalue weighted by Gasteiger charge is 2.25. The van der Waals surface area contributed by atoms with Crippen LogP contribution in [0.4, 0.5) is 0 Å². The minimum absolute atomic E-state index is 0.415. The first kappa shape index (κ1) is 16.8. The highest BCUT2D eigenvalue weighted by atomic mass is 35.5. The molecule has 1 aromatic rings. The summed E-state index contributed by atoms with van der Waals surface area (Å²) in [5.74, 6) is 0.736. The van der Waals surface area contributed by atoms with Gasteiger partial charge in [0.2, 0.25) is 0 Å². The molecular weight excluding hydrogens is 280 g/mol. The van der Waals surface area contributed by atoms with Crippen LogP contribution in [0.15, 0.2) is 24.3 Å². The Bertz CT molecular complexity index is 427. The van der Waals surface area contributed by atoms with Gasteiger partial charge in [-0.3, -0.25) is 4.90 Å². The van der Waals surface area contributed by atoms with Crippen LogP contribution in [0.3, 0.4) is 0 Å². The molecule has 1 saturated carbocycles. The molecule has 0 amide bonds. The minimum atomic E-state index is 0.415. The summed E-state index contributed by atoms with van der Waals surface area (Å²) in [5.41, 5.74) is 7.38. The molecule has 1 aromatic carbocycles. The molecule has 0 spiro atoms. The van der Waals surface area contributed by atoms with Gasteiger partial charge >= 0.3 is 0 Å². The van der Waals surface area contributed by atoms with Crippen molar-refractivity contribution in [2.75, 3.05) is 6.54 Å². The van der Waals surface area contributed by atoms with Crippen molar-refractivity contribution in [3.05, 3.63) is 34.9 Å². The Morgan fingerprint density at radius 3 is 2.62 bits per heavy atom. The normalized spacial score (nSPS) is 24.2. The molecule has 0 aliphatic heterocycles. The van der Waals surface area contributed by atoms with Gasteiger partial charge in [-0.15, -0.1) is 0 Å². The van der Waals surface area contributed by atoms with Crippen LogP contribution in [0.2, 0.25) is 5.02 Å². The summed E-state index contributed by atoms with van der Waals surface area (Å²) in [6, 6.07) is 9.37. The molecule has 0 aromatic heterocycles. The Labute approximate surface area is 134 Å². The zero-order valence-corrected chi connectivity index (χ0v) is 14.1. The van der Waals surface area contributed by atoms with E-state index >= 15 is 0 Å². The number of hydrogen-bond acceptors (Lipinski definition) is 2.